The van der Waals surface area contributed by atoms with Crippen molar-refractivity contribution in [1.82, 2.24) is 5.32 Å². The fourth-order valence-electron chi connectivity index (χ4n) is 2.14. The first-order chi connectivity index (χ1) is 7.26. The molecule has 1 atom stereocenters. The van der Waals surface area contributed by atoms with Crippen molar-refractivity contribution in [2.24, 2.45) is 5.73 Å². The summed E-state index contributed by atoms with van der Waals surface area (Å²) in [5.41, 5.74) is 5.89. The normalized spacial score (nSPS) is 22.6. The minimum Gasteiger partial charge on any atom is -0.396 e. The van der Waals surface area contributed by atoms with Crippen molar-refractivity contribution in [2.75, 3.05) is 26.4 Å². The van der Waals surface area contributed by atoms with Crippen LogP contribution in [0.5, 0.6) is 0 Å². The Labute approximate surface area is 92.2 Å². The summed E-state index contributed by atoms with van der Waals surface area (Å²) in [6.07, 6.45) is 3.79. The zero-order valence-electron chi connectivity index (χ0n) is 9.67. The average Bonchev–Trinajstić information content (AvgIpc) is 2.30. The third-order valence-corrected chi connectivity index (χ3v) is 3.32. The van der Waals surface area contributed by atoms with Crippen molar-refractivity contribution in [1.29, 1.82) is 0 Å². The maximum atomic E-state index is 8.96. The Balaban J connectivity index is 2.49. The fourth-order valence-corrected chi connectivity index (χ4v) is 2.14. The highest BCUT2D eigenvalue weighted by atomic mass is 16.5. The molecule has 4 N–H and O–H groups in total. The molecule has 0 aromatic rings. The summed E-state index contributed by atoms with van der Waals surface area (Å²) >= 11 is 0. The van der Waals surface area contributed by atoms with Gasteiger partial charge >= 0.3 is 0 Å². The average molecular weight is 216 g/mol. The monoisotopic (exact) mass is 216 g/mol. The molecular formula is C11H24N2O2. The zero-order valence-corrected chi connectivity index (χ0v) is 9.67. The first kappa shape index (κ1) is 12.9. The van der Waals surface area contributed by atoms with E-state index in [0.29, 0.717) is 12.6 Å². The number of aliphatic hydroxyl groups excluding tert-OH is 1. The van der Waals surface area contributed by atoms with Crippen LogP contribution < -0.4 is 11.1 Å². The Hall–Kier alpha value is -0.160. The fraction of sp³-hybridized carbons (Fsp3) is 1.00. The Morgan fingerprint density at radius 1 is 1.47 bits per heavy atom. The molecule has 0 radical (unpaired) electrons. The maximum Gasteiger partial charge on any atom is 0.0484 e. The molecule has 1 saturated heterocycles. The predicted molar refractivity (Wildman–Crippen MR) is 60.8 cm³/mol. The summed E-state index contributed by atoms with van der Waals surface area (Å²) in [5.74, 6) is 0. The molecule has 1 aliphatic heterocycles. The van der Waals surface area contributed by atoms with Gasteiger partial charge in [-0.05, 0) is 25.7 Å². The van der Waals surface area contributed by atoms with Crippen LogP contribution in [0.25, 0.3) is 0 Å². The molecule has 1 unspecified atom stereocenters. The lowest BCUT2D eigenvalue weighted by atomic mass is 9.88. The molecular weight excluding hydrogens is 192 g/mol. The van der Waals surface area contributed by atoms with Crippen LogP contribution in [0.3, 0.4) is 0 Å². The SMILES string of the molecule is CCC(CCO)NC1(CN)CCOCC1. The second kappa shape index (κ2) is 6.43. The summed E-state index contributed by atoms with van der Waals surface area (Å²) in [6, 6.07) is 0.372. The third kappa shape index (κ3) is 3.72. The van der Waals surface area contributed by atoms with Crippen LogP contribution in [-0.2, 0) is 4.74 Å². The van der Waals surface area contributed by atoms with E-state index in [0.717, 1.165) is 38.9 Å². The molecule has 1 rings (SSSR count). The van der Waals surface area contributed by atoms with E-state index < -0.39 is 0 Å². The van der Waals surface area contributed by atoms with Crippen LogP contribution in [0, 0.1) is 0 Å². The van der Waals surface area contributed by atoms with Crippen LogP contribution in [0.15, 0.2) is 0 Å². The van der Waals surface area contributed by atoms with Crippen LogP contribution in [-0.4, -0.2) is 43.1 Å². The Bertz CT molecular complexity index is 170. The van der Waals surface area contributed by atoms with Gasteiger partial charge in [0, 0.05) is 37.9 Å². The first-order valence-electron chi connectivity index (χ1n) is 5.92. The quantitative estimate of drug-likeness (QED) is 0.595. The van der Waals surface area contributed by atoms with Crippen LogP contribution >= 0.6 is 0 Å². The highest BCUT2D eigenvalue weighted by Crippen LogP contribution is 2.21. The smallest absolute Gasteiger partial charge is 0.0484 e. The molecule has 90 valence electrons. The second-order valence-corrected chi connectivity index (χ2v) is 4.36. The lowest BCUT2D eigenvalue weighted by molar-refractivity contribution is 0.0347. The van der Waals surface area contributed by atoms with Gasteiger partial charge in [0.1, 0.15) is 0 Å². The second-order valence-electron chi connectivity index (χ2n) is 4.36. The third-order valence-electron chi connectivity index (χ3n) is 3.32. The van der Waals surface area contributed by atoms with E-state index in [9.17, 15) is 0 Å². The predicted octanol–water partition coefficient (Wildman–Crippen LogP) is 0.245. The lowest BCUT2D eigenvalue weighted by Crippen LogP contribution is -2.58. The van der Waals surface area contributed by atoms with Crippen molar-refractivity contribution in [3.8, 4) is 0 Å². The molecule has 0 aliphatic carbocycles. The topological polar surface area (TPSA) is 67.5 Å². The molecule has 0 amide bonds. The van der Waals surface area contributed by atoms with E-state index in [1.54, 1.807) is 0 Å². The number of aliphatic hydroxyl groups is 1. The number of nitrogens with one attached hydrogen (secondary N) is 1. The van der Waals surface area contributed by atoms with Gasteiger partial charge < -0.3 is 20.9 Å². The number of ether oxygens (including phenoxy) is 1. The molecule has 1 aliphatic rings. The molecule has 0 saturated carbocycles. The molecule has 4 nitrogen and oxygen atoms in total. The Kier molecular flexibility index (Phi) is 5.53. The summed E-state index contributed by atoms with van der Waals surface area (Å²) in [6.45, 7) is 4.61. The first-order valence-corrected chi connectivity index (χ1v) is 5.92. The number of hydrogen-bond acceptors (Lipinski definition) is 4. The van der Waals surface area contributed by atoms with Gasteiger partial charge in [-0.3, -0.25) is 0 Å². The van der Waals surface area contributed by atoms with Gasteiger partial charge in [0.15, 0.2) is 0 Å². The zero-order chi connectivity index (χ0) is 11.1. The molecule has 0 spiro atoms. The van der Waals surface area contributed by atoms with E-state index in [4.69, 9.17) is 15.6 Å². The molecule has 0 aromatic carbocycles. The van der Waals surface area contributed by atoms with Crippen molar-refractivity contribution in [3.63, 3.8) is 0 Å². The molecule has 15 heavy (non-hydrogen) atoms. The molecule has 1 heterocycles. The summed E-state index contributed by atoms with van der Waals surface area (Å²) in [4.78, 5) is 0. The minimum absolute atomic E-state index is 0.0358. The Morgan fingerprint density at radius 3 is 2.60 bits per heavy atom. The lowest BCUT2D eigenvalue weighted by Gasteiger charge is -2.40. The molecule has 4 heteroatoms. The van der Waals surface area contributed by atoms with E-state index in [2.05, 4.69) is 12.2 Å². The van der Waals surface area contributed by atoms with E-state index in [1.165, 1.54) is 0 Å². The van der Waals surface area contributed by atoms with Gasteiger partial charge in [0.05, 0.1) is 0 Å². The van der Waals surface area contributed by atoms with Gasteiger partial charge in [-0.1, -0.05) is 6.92 Å². The summed E-state index contributed by atoms with van der Waals surface area (Å²) in [7, 11) is 0. The van der Waals surface area contributed by atoms with Crippen LogP contribution in [0.2, 0.25) is 0 Å². The maximum absolute atomic E-state index is 8.96. The molecule has 0 aromatic heterocycles. The van der Waals surface area contributed by atoms with Gasteiger partial charge in [-0.25, -0.2) is 0 Å². The van der Waals surface area contributed by atoms with Crippen molar-refractivity contribution < 1.29 is 9.84 Å². The van der Waals surface area contributed by atoms with Gasteiger partial charge in [0.2, 0.25) is 0 Å². The number of rotatable bonds is 6. The summed E-state index contributed by atoms with van der Waals surface area (Å²) < 4.78 is 5.36. The van der Waals surface area contributed by atoms with Crippen LogP contribution in [0.4, 0.5) is 0 Å². The number of hydrogen-bond donors (Lipinski definition) is 3. The van der Waals surface area contributed by atoms with E-state index in [-0.39, 0.29) is 12.1 Å². The Morgan fingerprint density at radius 2 is 2.13 bits per heavy atom. The standard InChI is InChI=1S/C11H24N2O2/c1-2-10(3-6-14)13-11(9-12)4-7-15-8-5-11/h10,13-14H,2-9,12H2,1H3. The van der Waals surface area contributed by atoms with Crippen molar-refractivity contribution in [2.45, 2.75) is 44.2 Å². The van der Waals surface area contributed by atoms with Crippen molar-refractivity contribution >= 4 is 0 Å². The minimum atomic E-state index is 0.0358. The van der Waals surface area contributed by atoms with Gasteiger partial charge in [0.25, 0.3) is 0 Å². The molecule has 1 fully saturated rings. The highest BCUT2D eigenvalue weighted by molar-refractivity contribution is 4.93. The van der Waals surface area contributed by atoms with Crippen molar-refractivity contribution in [3.05, 3.63) is 0 Å². The molecule has 0 bridgehead atoms. The summed E-state index contributed by atoms with van der Waals surface area (Å²) in [5, 5.41) is 12.6. The van der Waals surface area contributed by atoms with Gasteiger partial charge in [-0.2, -0.15) is 0 Å². The largest absolute Gasteiger partial charge is 0.396 e. The number of nitrogens with two attached hydrogens (primary N) is 1. The van der Waals surface area contributed by atoms with Crippen LogP contribution in [0.1, 0.15) is 32.6 Å². The highest BCUT2D eigenvalue weighted by Gasteiger charge is 2.32. The van der Waals surface area contributed by atoms with E-state index >= 15 is 0 Å². The van der Waals surface area contributed by atoms with Gasteiger partial charge in [-0.15, -0.1) is 0 Å². The van der Waals surface area contributed by atoms with E-state index in [1.807, 2.05) is 0 Å².